The zero-order valence-corrected chi connectivity index (χ0v) is 12.6. The van der Waals surface area contributed by atoms with E-state index in [-0.39, 0.29) is 17.7 Å². The lowest BCUT2D eigenvalue weighted by atomic mass is 10.3. The highest BCUT2D eigenvalue weighted by atomic mass is 35.5. The van der Waals surface area contributed by atoms with E-state index in [0.29, 0.717) is 23.4 Å². The number of carbonyl (C=O) groups is 2. The van der Waals surface area contributed by atoms with Crippen molar-refractivity contribution < 1.29 is 14.3 Å². The van der Waals surface area contributed by atoms with Gasteiger partial charge in [0.15, 0.2) is 0 Å². The van der Waals surface area contributed by atoms with Gasteiger partial charge in [0.2, 0.25) is 0 Å². The molecule has 0 fully saturated rings. The summed E-state index contributed by atoms with van der Waals surface area (Å²) in [4.78, 5) is 27.8. The van der Waals surface area contributed by atoms with Gasteiger partial charge >= 0.3 is 5.97 Å². The van der Waals surface area contributed by atoms with Gasteiger partial charge in [-0.15, -0.1) is 11.3 Å². The summed E-state index contributed by atoms with van der Waals surface area (Å²) in [5.74, 6) is -0.568. The highest BCUT2D eigenvalue weighted by molar-refractivity contribution is 7.12. The Morgan fingerprint density at radius 2 is 2.24 bits per heavy atom. The van der Waals surface area contributed by atoms with Crippen LogP contribution < -0.4 is 5.32 Å². The fourth-order valence-electron chi connectivity index (χ4n) is 1.55. The molecule has 0 bridgehead atoms. The van der Waals surface area contributed by atoms with Crippen LogP contribution in [-0.4, -0.2) is 30.0 Å². The Morgan fingerprint density at radius 3 is 2.95 bits per heavy atom. The Balaban J connectivity index is 1.66. The quantitative estimate of drug-likeness (QED) is 0.504. The number of thiophene rings is 1. The summed E-state index contributed by atoms with van der Waals surface area (Å²) in [7, 11) is 0. The van der Waals surface area contributed by atoms with Gasteiger partial charge in [-0.1, -0.05) is 17.7 Å². The Kier molecular flexibility index (Phi) is 5.71. The average molecular weight is 325 g/mol. The van der Waals surface area contributed by atoms with Crippen LogP contribution in [-0.2, 0) is 4.74 Å². The van der Waals surface area contributed by atoms with E-state index in [1.54, 1.807) is 6.07 Å². The van der Waals surface area contributed by atoms with Crippen molar-refractivity contribution in [3.05, 3.63) is 51.4 Å². The molecule has 0 spiro atoms. The fraction of sp³-hybridized carbons (Fsp3) is 0.214. The first kappa shape index (κ1) is 15.5. The standard InChI is InChI=1S/C14H13ClN2O3S/c15-12-9-10(4-6-16-12)14(19)20-7-2-5-17-13(18)11-3-1-8-21-11/h1,3-4,6,8-9H,2,5,7H2,(H,17,18). The van der Waals surface area contributed by atoms with Crippen LogP contribution in [0.5, 0.6) is 0 Å². The number of hydrogen-bond donors (Lipinski definition) is 1. The first-order valence-corrected chi connectivity index (χ1v) is 7.53. The maximum Gasteiger partial charge on any atom is 0.338 e. The third-order valence-corrected chi connectivity index (χ3v) is 3.62. The molecule has 0 saturated carbocycles. The van der Waals surface area contributed by atoms with Crippen LogP contribution in [0.2, 0.25) is 5.15 Å². The SMILES string of the molecule is O=C(OCCCNC(=O)c1cccs1)c1ccnc(Cl)c1. The van der Waals surface area contributed by atoms with Crippen molar-refractivity contribution in [2.75, 3.05) is 13.2 Å². The number of aromatic nitrogens is 1. The van der Waals surface area contributed by atoms with E-state index in [9.17, 15) is 9.59 Å². The van der Waals surface area contributed by atoms with Gasteiger partial charge in [-0.3, -0.25) is 4.79 Å². The number of pyridine rings is 1. The van der Waals surface area contributed by atoms with E-state index in [2.05, 4.69) is 10.3 Å². The van der Waals surface area contributed by atoms with Crippen LogP contribution in [0.3, 0.4) is 0 Å². The highest BCUT2D eigenvalue weighted by Crippen LogP contribution is 2.09. The van der Waals surface area contributed by atoms with Gasteiger partial charge in [0, 0.05) is 12.7 Å². The zero-order valence-electron chi connectivity index (χ0n) is 11.0. The molecule has 0 aliphatic heterocycles. The first-order valence-electron chi connectivity index (χ1n) is 6.27. The third kappa shape index (κ3) is 4.84. The normalized spacial score (nSPS) is 10.1. The van der Waals surface area contributed by atoms with Gasteiger partial charge in [0.1, 0.15) is 5.15 Å². The summed E-state index contributed by atoms with van der Waals surface area (Å²) in [5, 5.41) is 4.84. The van der Waals surface area contributed by atoms with E-state index in [1.165, 1.54) is 29.7 Å². The number of rotatable bonds is 6. The molecule has 5 nitrogen and oxygen atoms in total. The van der Waals surface area contributed by atoms with Gasteiger partial charge in [-0.25, -0.2) is 9.78 Å². The molecule has 2 rings (SSSR count). The minimum atomic E-state index is -0.455. The molecule has 0 radical (unpaired) electrons. The van der Waals surface area contributed by atoms with Crippen molar-refractivity contribution in [3.8, 4) is 0 Å². The maximum atomic E-state index is 11.7. The van der Waals surface area contributed by atoms with Crippen LogP contribution >= 0.6 is 22.9 Å². The molecule has 0 unspecified atom stereocenters. The molecule has 1 N–H and O–H groups in total. The molecule has 2 aromatic heterocycles. The lowest BCUT2D eigenvalue weighted by Crippen LogP contribution is -2.24. The number of nitrogens with zero attached hydrogens (tertiary/aromatic N) is 1. The smallest absolute Gasteiger partial charge is 0.338 e. The second-order valence-electron chi connectivity index (χ2n) is 4.09. The van der Waals surface area contributed by atoms with E-state index in [4.69, 9.17) is 16.3 Å². The molecule has 1 amide bonds. The Hall–Kier alpha value is -1.92. The van der Waals surface area contributed by atoms with E-state index >= 15 is 0 Å². The second-order valence-corrected chi connectivity index (χ2v) is 5.42. The Bertz CT molecular complexity index is 616. The van der Waals surface area contributed by atoms with Crippen LogP contribution in [0.25, 0.3) is 0 Å². The zero-order chi connectivity index (χ0) is 15.1. The largest absolute Gasteiger partial charge is 0.462 e. The van der Waals surface area contributed by atoms with Gasteiger partial charge in [0.05, 0.1) is 17.0 Å². The van der Waals surface area contributed by atoms with Crippen LogP contribution in [0, 0.1) is 0 Å². The lowest BCUT2D eigenvalue weighted by Gasteiger charge is -2.06. The fourth-order valence-corrected chi connectivity index (χ4v) is 2.36. The summed E-state index contributed by atoms with van der Waals surface area (Å²) in [6, 6.07) is 6.56. The van der Waals surface area contributed by atoms with Crippen LogP contribution in [0.1, 0.15) is 26.5 Å². The van der Waals surface area contributed by atoms with Gasteiger partial charge < -0.3 is 10.1 Å². The molecule has 0 aromatic carbocycles. The predicted octanol–water partition coefficient (Wildman–Crippen LogP) is 2.77. The molecule has 0 aliphatic rings. The molecule has 21 heavy (non-hydrogen) atoms. The molecular weight excluding hydrogens is 312 g/mol. The van der Waals surface area contributed by atoms with Gasteiger partial charge in [-0.05, 0) is 30.0 Å². The first-order chi connectivity index (χ1) is 10.2. The van der Waals surface area contributed by atoms with Crippen molar-refractivity contribution in [1.82, 2.24) is 10.3 Å². The molecule has 7 heteroatoms. The Labute approximate surface area is 130 Å². The summed E-state index contributed by atoms with van der Waals surface area (Å²) in [6.07, 6.45) is 1.99. The summed E-state index contributed by atoms with van der Waals surface area (Å²) < 4.78 is 5.08. The highest BCUT2D eigenvalue weighted by Gasteiger charge is 2.08. The van der Waals surface area contributed by atoms with E-state index in [1.807, 2.05) is 11.4 Å². The maximum absolute atomic E-state index is 11.7. The minimum absolute atomic E-state index is 0.114. The number of halogens is 1. The van der Waals surface area contributed by atoms with Crippen molar-refractivity contribution in [3.63, 3.8) is 0 Å². The third-order valence-electron chi connectivity index (χ3n) is 2.55. The lowest BCUT2D eigenvalue weighted by molar-refractivity contribution is 0.0501. The summed E-state index contributed by atoms with van der Waals surface area (Å²) >= 11 is 7.07. The summed E-state index contributed by atoms with van der Waals surface area (Å²) in [6.45, 7) is 0.671. The van der Waals surface area contributed by atoms with Gasteiger partial charge in [0.25, 0.3) is 5.91 Å². The topological polar surface area (TPSA) is 68.3 Å². The molecule has 110 valence electrons. The van der Waals surface area contributed by atoms with Crippen molar-refractivity contribution in [2.45, 2.75) is 6.42 Å². The van der Waals surface area contributed by atoms with Crippen LogP contribution in [0.15, 0.2) is 35.8 Å². The number of nitrogens with one attached hydrogen (secondary N) is 1. The number of esters is 1. The van der Waals surface area contributed by atoms with Crippen molar-refractivity contribution in [1.29, 1.82) is 0 Å². The molecule has 0 saturated heterocycles. The number of ether oxygens (including phenoxy) is 1. The molecule has 0 atom stereocenters. The number of amides is 1. The van der Waals surface area contributed by atoms with E-state index in [0.717, 1.165) is 0 Å². The van der Waals surface area contributed by atoms with Crippen LogP contribution in [0.4, 0.5) is 0 Å². The Morgan fingerprint density at radius 1 is 1.38 bits per heavy atom. The monoisotopic (exact) mass is 324 g/mol. The summed E-state index contributed by atoms with van der Waals surface area (Å²) in [5.41, 5.74) is 0.359. The molecule has 2 heterocycles. The number of hydrogen-bond acceptors (Lipinski definition) is 5. The minimum Gasteiger partial charge on any atom is -0.462 e. The molecule has 2 aromatic rings. The van der Waals surface area contributed by atoms with Crippen molar-refractivity contribution in [2.24, 2.45) is 0 Å². The predicted molar refractivity (Wildman–Crippen MR) is 80.8 cm³/mol. The van der Waals surface area contributed by atoms with Gasteiger partial charge in [-0.2, -0.15) is 0 Å². The molecule has 0 aliphatic carbocycles. The molecular formula is C14H13ClN2O3S. The van der Waals surface area contributed by atoms with Crippen molar-refractivity contribution >= 4 is 34.8 Å². The van der Waals surface area contributed by atoms with E-state index < -0.39 is 5.97 Å². The number of carbonyl (C=O) groups excluding carboxylic acids is 2. The average Bonchev–Trinajstić information content (AvgIpc) is 3.00. The second kappa shape index (κ2) is 7.75.